The monoisotopic (exact) mass is 246 g/mol. The first kappa shape index (κ1) is 13.3. The molecule has 2 heteroatoms. The third-order valence-electron chi connectivity index (χ3n) is 3.68. The number of aliphatic hydroxyl groups is 1. The summed E-state index contributed by atoms with van der Waals surface area (Å²) in [5.74, 6) is 0.727. The van der Waals surface area contributed by atoms with Gasteiger partial charge in [-0.2, -0.15) is 0 Å². The van der Waals surface area contributed by atoms with Crippen molar-refractivity contribution in [2.24, 2.45) is 11.8 Å². The van der Waals surface area contributed by atoms with E-state index in [1.54, 1.807) is 0 Å². The van der Waals surface area contributed by atoms with Crippen molar-refractivity contribution in [2.75, 3.05) is 6.61 Å². The minimum Gasteiger partial charge on any atom is -0.393 e. The van der Waals surface area contributed by atoms with Gasteiger partial charge in [-0.15, -0.1) is 0 Å². The van der Waals surface area contributed by atoms with Crippen LogP contribution in [0.1, 0.15) is 25.3 Å². The summed E-state index contributed by atoms with van der Waals surface area (Å²) >= 11 is 0. The van der Waals surface area contributed by atoms with E-state index >= 15 is 0 Å². The van der Waals surface area contributed by atoms with E-state index < -0.39 is 0 Å². The Morgan fingerprint density at radius 2 is 2.06 bits per heavy atom. The number of rotatable bonds is 5. The number of ether oxygens (including phenoxy) is 1. The highest BCUT2D eigenvalue weighted by Crippen LogP contribution is 2.33. The summed E-state index contributed by atoms with van der Waals surface area (Å²) in [6.45, 7) is 3.41. The van der Waals surface area contributed by atoms with Crippen LogP contribution in [0.2, 0.25) is 0 Å². The first-order chi connectivity index (χ1) is 8.81. The fourth-order valence-corrected chi connectivity index (χ4v) is 2.69. The highest BCUT2D eigenvalue weighted by Gasteiger charge is 2.32. The molecule has 1 saturated carbocycles. The molecule has 2 nitrogen and oxygen atoms in total. The lowest BCUT2D eigenvalue weighted by atomic mass is 9.95. The predicted molar refractivity (Wildman–Crippen MR) is 73.1 cm³/mol. The Bertz CT molecular complexity index is 372. The van der Waals surface area contributed by atoms with Crippen LogP contribution in [-0.2, 0) is 11.3 Å². The number of aliphatic hydroxyl groups excluding tert-OH is 1. The molecule has 0 aromatic heterocycles. The summed E-state index contributed by atoms with van der Waals surface area (Å²) in [4.78, 5) is 0. The van der Waals surface area contributed by atoms with Gasteiger partial charge in [0.05, 0.1) is 19.3 Å². The van der Waals surface area contributed by atoms with Crippen LogP contribution in [0.4, 0.5) is 0 Å². The van der Waals surface area contributed by atoms with E-state index in [4.69, 9.17) is 4.74 Å². The smallest absolute Gasteiger partial charge is 0.0717 e. The van der Waals surface area contributed by atoms with Crippen LogP contribution in [0, 0.1) is 11.8 Å². The van der Waals surface area contributed by atoms with Crippen molar-refractivity contribution < 1.29 is 9.84 Å². The molecule has 1 fully saturated rings. The van der Waals surface area contributed by atoms with Gasteiger partial charge in [-0.05, 0) is 31.2 Å². The highest BCUT2D eigenvalue weighted by atomic mass is 16.5. The minimum absolute atomic E-state index is 0.188. The second-order valence-corrected chi connectivity index (χ2v) is 5.01. The maximum atomic E-state index is 9.90. The molecular weight excluding hydrogens is 224 g/mol. The molecule has 0 saturated heterocycles. The Morgan fingerprint density at radius 3 is 2.78 bits per heavy atom. The normalized spacial score (nSPS) is 28.0. The maximum Gasteiger partial charge on any atom is 0.0717 e. The van der Waals surface area contributed by atoms with E-state index in [2.05, 4.69) is 18.2 Å². The molecule has 0 aliphatic heterocycles. The van der Waals surface area contributed by atoms with Crippen molar-refractivity contribution in [2.45, 2.75) is 32.5 Å². The van der Waals surface area contributed by atoms with E-state index in [0.717, 1.165) is 19.4 Å². The van der Waals surface area contributed by atoms with Gasteiger partial charge in [-0.25, -0.2) is 0 Å². The van der Waals surface area contributed by atoms with E-state index in [1.165, 1.54) is 5.56 Å². The van der Waals surface area contributed by atoms with Crippen molar-refractivity contribution >= 4 is 0 Å². The fourth-order valence-electron chi connectivity index (χ4n) is 2.69. The van der Waals surface area contributed by atoms with E-state index in [0.29, 0.717) is 12.5 Å². The van der Waals surface area contributed by atoms with Crippen LogP contribution >= 0.6 is 0 Å². The zero-order valence-corrected chi connectivity index (χ0v) is 11.0. The SMILES string of the molecule is C/C=C/[C@H]1[C@H](COCc2ccccc2)CC[C@H]1O. The second-order valence-electron chi connectivity index (χ2n) is 5.01. The summed E-state index contributed by atoms with van der Waals surface area (Å²) in [6, 6.07) is 10.2. The quantitative estimate of drug-likeness (QED) is 0.809. The van der Waals surface area contributed by atoms with Crippen molar-refractivity contribution in [3.63, 3.8) is 0 Å². The van der Waals surface area contributed by atoms with E-state index in [1.807, 2.05) is 31.2 Å². The molecule has 2 rings (SSSR count). The Labute approximate surface area is 109 Å². The molecule has 0 amide bonds. The van der Waals surface area contributed by atoms with Gasteiger partial charge in [-0.1, -0.05) is 42.5 Å². The lowest BCUT2D eigenvalue weighted by Gasteiger charge is -2.18. The third kappa shape index (κ3) is 3.44. The zero-order chi connectivity index (χ0) is 12.8. The Morgan fingerprint density at radius 1 is 1.28 bits per heavy atom. The van der Waals surface area contributed by atoms with Gasteiger partial charge in [0.1, 0.15) is 0 Å². The summed E-state index contributed by atoms with van der Waals surface area (Å²) in [7, 11) is 0. The van der Waals surface area contributed by atoms with Gasteiger partial charge in [0.15, 0.2) is 0 Å². The summed E-state index contributed by atoms with van der Waals surface area (Å²) in [6.07, 6.45) is 5.92. The van der Waals surface area contributed by atoms with Crippen LogP contribution in [-0.4, -0.2) is 17.8 Å². The minimum atomic E-state index is -0.188. The molecule has 1 N–H and O–H groups in total. The molecule has 0 bridgehead atoms. The Kier molecular flexibility index (Phi) is 4.97. The van der Waals surface area contributed by atoms with Gasteiger partial charge in [0, 0.05) is 5.92 Å². The van der Waals surface area contributed by atoms with Crippen molar-refractivity contribution in [3.8, 4) is 0 Å². The third-order valence-corrected chi connectivity index (χ3v) is 3.68. The molecule has 0 unspecified atom stereocenters. The van der Waals surface area contributed by atoms with Crippen LogP contribution < -0.4 is 0 Å². The molecule has 1 aliphatic rings. The van der Waals surface area contributed by atoms with E-state index in [-0.39, 0.29) is 12.0 Å². The van der Waals surface area contributed by atoms with Crippen molar-refractivity contribution in [1.29, 1.82) is 0 Å². The molecule has 18 heavy (non-hydrogen) atoms. The molecular formula is C16H22O2. The summed E-state index contributed by atoms with van der Waals surface area (Å²) in [5.41, 5.74) is 1.21. The molecule has 1 aromatic rings. The van der Waals surface area contributed by atoms with Gasteiger partial charge < -0.3 is 9.84 Å². The standard InChI is InChI=1S/C16H22O2/c1-2-6-15-14(9-10-16(15)17)12-18-11-13-7-4-3-5-8-13/h2-8,14-17H,9-12H2,1H3/b6-2+/t14-,15-,16+/m0/s1. The van der Waals surface area contributed by atoms with Crippen LogP contribution in [0.3, 0.4) is 0 Å². The Balaban J connectivity index is 1.79. The predicted octanol–water partition coefficient (Wildman–Crippen LogP) is 3.17. The lowest BCUT2D eigenvalue weighted by Crippen LogP contribution is -2.20. The Hall–Kier alpha value is -1.12. The van der Waals surface area contributed by atoms with Crippen molar-refractivity contribution in [1.82, 2.24) is 0 Å². The molecule has 3 atom stereocenters. The summed E-state index contributed by atoms with van der Waals surface area (Å²) < 4.78 is 5.78. The number of benzene rings is 1. The molecule has 98 valence electrons. The van der Waals surface area contributed by atoms with Crippen LogP contribution in [0.5, 0.6) is 0 Å². The van der Waals surface area contributed by atoms with Gasteiger partial charge in [0.2, 0.25) is 0 Å². The van der Waals surface area contributed by atoms with Crippen LogP contribution in [0.25, 0.3) is 0 Å². The van der Waals surface area contributed by atoms with Crippen molar-refractivity contribution in [3.05, 3.63) is 48.0 Å². The molecule has 0 heterocycles. The highest BCUT2D eigenvalue weighted by molar-refractivity contribution is 5.13. The van der Waals surface area contributed by atoms with Gasteiger partial charge in [0.25, 0.3) is 0 Å². The largest absolute Gasteiger partial charge is 0.393 e. The number of allylic oxidation sites excluding steroid dienone is 1. The average Bonchev–Trinajstić information content (AvgIpc) is 2.73. The fraction of sp³-hybridized carbons (Fsp3) is 0.500. The average molecular weight is 246 g/mol. The first-order valence-corrected chi connectivity index (χ1v) is 6.74. The molecule has 1 aromatic carbocycles. The topological polar surface area (TPSA) is 29.5 Å². The molecule has 1 aliphatic carbocycles. The number of hydrogen-bond donors (Lipinski definition) is 1. The lowest BCUT2D eigenvalue weighted by molar-refractivity contribution is 0.0645. The maximum absolute atomic E-state index is 9.90. The van der Waals surface area contributed by atoms with Gasteiger partial charge in [-0.3, -0.25) is 0 Å². The van der Waals surface area contributed by atoms with E-state index in [9.17, 15) is 5.11 Å². The zero-order valence-electron chi connectivity index (χ0n) is 11.0. The molecule has 0 radical (unpaired) electrons. The van der Waals surface area contributed by atoms with Gasteiger partial charge >= 0.3 is 0 Å². The first-order valence-electron chi connectivity index (χ1n) is 6.74. The van der Waals surface area contributed by atoms with Crippen LogP contribution in [0.15, 0.2) is 42.5 Å². The summed E-state index contributed by atoms with van der Waals surface area (Å²) in [5, 5.41) is 9.90. The number of hydrogen-bond acceptors (Lipinski definition) is 2. The molecule has 0 spiro atoms. The second kappa shape index (κ2) is 6.72.